The lowest BCUT2D eigenvalue weighted by Gasteiger charge is -2.12. The standard InChI is InChI=1S/C21H19BrN2O3S/c1-26-19-9-2-13(10-14(19)12-27-17-7-3-15(22)4-8-17)11-18-20(25)24(16-5-6-16)21(28)23-18/h2-4,7-11,16H,5-6,12H2,1H3,(H,23,28)/b18-11+. The van der Waals surface area contributed by atoms with E-state index in [1.807, 2.05) is 48.5 Å². The summed E-state index contributed by atoms with van der Waals surface area (Å²) in [7, 11) is 1.63. The molecule has 0 atom stereocenters. The molecule has 2 aromatic carbocycles. The van der Waals surface area contributed by atoms with Gasteiger partial charge in [-0.15, -0.1) is 0 Å². The summed E-state index contributed by atoms with van der Waals surface area (Å²) in [5.74, 6) is 1.45. The second kappa shape index (κ2) is 7.93. The minimum atomic E-state index is -0.0593. The summed E-state index contributed by atoms with van der Waals surface area (Å²) in [6.45, 7) is 0.357. The van der Waals surface area contributed by atoms with Crippen LogP contribution in [0.4, 0.5) is 0 Å². The molecule has 1 aliphatic heterocycles. The molecule has 2 aliphatic rings. The van der Waals surface area contributed by atoms with Gasteiger partial charge < -0.3 is 14.8 Å². The van der Waals surface area contributed by atoms with E-state index in [4.69, 9.17) is 21.7 Å². The normalized spacial score (nSPS) is 17.8. The first-order chi connectivity index (χ1) is 13.5. The maximum Gasteiger partial charge on any atom is 0.276 e. The summed E-state index contributed by atoms with van der Waals surface area (Å²) in [6.07, 6.45) is 3.85. The fraction of sp³-hybridized carbons (Fsp3) is 0.238. The number of ether oxygens (including phenoxy) is 2. The van der Waals surface area contributed by atoms with E-state index in [1.54, 1.807) is 12.0 Å². The Labute approximate surface area is 177 Å². The summed E-state index contributed by atoms with van der Waals surface area (Å²) in [5, 5.41) is 3.53. The third kappa shape index (κ3) is 4.05. The van der Waals surface area contributed by atoms with Gasteiger partial charge in [-0.25, -0.2) is 0 Å². The predicted molar refractivity (Wildman–Crippen MR) is 115 cm³/mol. The maximum atomic E-state index is 12.6. The molecule has 2 fully saturated rings. The topological polar surface area (TPSA) is 50.8 Å². The molecule has 0 radical (unpaired) electrons. The molecule has 1 heterocycles. The van der Waals surface area contributed by atoms with Crippen molar-refractivity contribution < 1.29 is 14.3 Å². The lowest BCUT2D eigenvalue weighted by Crippen LogP contribution is -2.32. The van der Waals surface area contributed by atoms with Crippen molar-refractivity contribution >= 4 is 45.2 Å². The number of hydrogen-bond acceptors (Lipinski definition) is 4. The van der Waals surface area contributed by atoms with Gasteiger partial charge in [0.2, 0.25) is 0 Å². The molecule has 0 unspecified atom stereocenters. The van der Waals surface area contributed by atoms with Gasteiger partial charge in [0.1, 0.15) is 23.8 Å². The summed E-state index contributed by atoms with van der Waals surface area (Å²) in [6, 6.07) is 13.7. The fourth-order valence-corrected chi connectivity index (χ4v) is 3.68. The van der Waals surface area contributed by atoms with E-state index < -0.39 is 0 Å². The van der Waals surface area contributed by atoms with Crippen molar-refractivity contribution in [1.29, 1.82) is 0 Å². The smallest absolute Gasteiger partial charge is 0.276 e. The lowest BCUT2D eigenvalue weighted by molar-refractivity contribution is -0.122. The van der Waals surface area contributed by atoms with E-state index in [2.05, 4.69) is 21.2 Å². The van der Waals surface area contributed by atoms with Crippen LogP contribution in [0.25, 0.3) is 6.08 Å². The summed E-state index contributed by atoms with van der Waals surface area (Å²) in [5.41, 5.74) is 2.28. The van der Waals surface area contributed by atoms with Gasteiger partial charge in [0.05, 0.1) is 7.11 Å². The zero-order valence-electron chi connectivity index (χ0n) is 15.3. The Morgan fingerprint density at radius 2 is 2.00 bits per heavy atom. The van der Waals surface area contributed by atoms with Crippen LogP contribution >= 0.6 is 28.1 Å². The van der Waals surface area contributed by atoms with Gasteiger partial charge in [0, 0.05) is 16.1 Å². The van der Waals surface area contributed by atoms with Crippen LogP contribution in [0.2, 0.25) is 0 Å². The van der Waals surface area contributed by atoms with Crippen molar-refractivity contribution in [3.05, 3.63) is 63.8 Å². The van der Waals surface area contributed by atoms with Gasteiger partial charge in [-0.1, -0.05) is 22.0 Å². The molecule has 1 N–H and O–H groups in total. The van der Waals surface area contributed by atoms with Crippen LogP contribution in [0.5, 0.6) is 11.5 Å². The Hall–Kier alpha value is -2.38. The van der Waals surface area contributed by atoms with Crippen LogP contribution in [0.3, 0.4) is 0 Å². The van der Waals surface area contributed by atoms with Crippen molar-refractivity contribution in [2.75, 3.05) is 7.11 Å². The largest absolute Gasteiger partial charge is 0.496 e. The summed E-state index contributed by atoms with van der Waals surface area (Å²) >= 11 is 8.72. The molecule has 4 rings (SSSR count). The summed E-state index contributed by atoms with van der Waals surface area (Å²) < 4.78 is 12.3. The Morgan fingerprint density at radius 1 is 1.25 bits per heavy atom. The molecule has 5 nitrogen and oxygen atoms in total. The van der Waals surface area contributed by atoms with Crippen molar-refractivity contribution in [2.24, 2.45) is 0 Å². The molecule has 1 aliphatic carbocycles. The second-order valence-electron chi connectivity index (χ2n) is 6.71. The number of nitrogens with zero attached hydrogens (tertiary/aromatic N) is 1. The molecule has 7 heteroatoms. The molecule has 1 saturated heterocycles. The van der Waals surface area contributed by atoms with Gasteiger partial charge in [-0.3, -0.25) is 9.69 Å². The maximum absolute atomic E-state index is 12.6. The number of carbonyl (C=O) groups is 1. The molecule has 1 amide bonds. The summed E-state index contributed by atoms with van der Waals surface area (Å²) in [4.78, 5) is 14.3. The third-order valence-electron chi connectivity index (χ3n) is 4.65. The third-order valence-corrected chi connectivity index (χ3v) is 5.47. The monoisotopic (exact) mass is 458 g/mol. The Balaban J connectivity index is 1.53. The van der Waals surface area contributed by atoms with Gasteiger partial charge in [-0.05, 0) is 73.1 Å². The zero-order chi connectivity index (χ0) is 19.7. The molecule has 0 spiro atoms. The fourth-order valence-electron chi connectivity index (χ4n) is 3.07. The van der Waals surface area contributed by atoms with Crippen molar-refractivity contribution in [3.63, 3.8) is 0 Å². The molecule has 0 aromatic heterocycles. The number of rotatable bonds is 6. The van der Waals surface area contributed by atoms with Crippen molar-refractivity contribution in [2.45, 2.75) is 25.5 Å². The number of hydrogen-bond donors (Lipinski definition) is 1. The first-order valence-corrected chi connectivity index (χ1v) is 10.2. The van der Waals surface area contributed by atoms with Crippen molar-refractivity contribution in [1.82, 2.24) is 10.2 Å². The molecular weight excluding hydrogens is 440 g/mol. The Bertz CT molecular complexity index is 955. The van der Waals surface area contributed by atoms with Crippen LogP contribution in [0.15, 0.2) is 52.6 Å². The number of nitrogens with one attached hydrogen (secondary N) is 1. The van der Waals surface area contributed by atoms with E-state index in [0.29, 0.717) is 17.4 Å². The first-order valence-electron chi connectivity index (χ1n) is 8.96. The number of halogens is 1. The average Bonchev–Trinajstić information content (AvgIpc) is 3.48. The van der Waals surface area contributed by atoms with E-state index in [1.165, 1.54) is 0 Å². The van der Waals surface area contributed by atoms with E-state index >= 15 is 0 Å². The van der Waals surface area contributed by atoms with Crippen LogP contribution in [-0.2, 0) is 11.4 Å². The molecular formula is C21H19BrN2O3S. The number of benzene rings is 2. The number of methoxy groups -OCH3 is 1. The van der Waals surface area contributed by atoms with E-state index in [-0.39, 0.29) is 11.9 Å². The quantitative estimate of drug-likeness (QED) is 0.517. The van der Waals surface area contributed by atoms with Gasteiger partial charge in [-0.2, -0.15) is 0 Å². The highest BCUT2D eigenvalue weighted by molar-refractivity contribution is 9.10. The van der Waals surface area contributed by atoms with Gasteiger partial charge >= 0.3 is 0 Å². The lowest BCUT2D eigenvalue weighted by atomic mass is 10.1. The number of thiocarbonyl (C=S) groups is 1. The zero-order valence-corrected chi connectivity index (χ0v) is 17.7. The first kappa shape index (κ1) is 19.0. The minimum absolute atomic E-state index is 0.0593. The Kier molecular flexibility index (Phi) is 5.37. The molecule has 2 aromatic rings. The van der Waals surface area contributed by atoms with Gasteiger partial charge in [0.25, 0.3) is 5.91 Å². The predicted octanol–water partition coefficient (Wildman–Crippen LogP) is 4.26. The molecule has 1 saturated carbocycles. The van der Waals surface area contributed by atoms with E-state index in [0.717, 1.165) is 39.9 Å². The number of carbonyl (C=O) groups excluding carboxylic acids is 1. The second-order valence-corrected chi connectivity index (χ2v) is 8.01. The number of amides is 1. The van der Waals surface area contributed by atoms with Gasteiger partial charge in [0.15, 0.2) is 5.11 Å². The highest BCUT2D eigenvalue weighted by atomic mass is 79.9. The Morgan fingerprint density at radius 3 is 2.68 bits per heavy atom. The molecule has 144 valence electrons. The van der Waals surface area contributed by atoms with E-state index in [9.17, 15) is 4.79 Å². The highest BCUT2D eigenvalue weighted by Crippen LogP contribution is 2.31. The SMILES string of the molecule is COc1ccc(/C=C2/NC(=S)N(C3CC3)C2=O)cc1COc1ccc(Br)cc1. The van der Waals surface area contributed by atoms with Crippen LogP contribution in [0.1, 0.15) is 24.0 Å². The van der Waals surface area contributed by atoms with Crippen LogP contribution in [0, 0.1) is 0 Å². The molecule has 0 bridgehead atoms. The highest BCUT2D eigenvalue weighted by Gasteiger charge is 2.41. The van der Waals surface area contributed by atoms with Crippen molar-refractivity contribution in [3.8, 4) is 11.5 Å². The average molecular weight is 459 g/mol. The van der Waals surface area contributed by atoms with Crippen LogP contribution in [-0.4, -0.2) is 29.1 Å². The minimum Gasteiger partial charge on any atom is -0.496 e. The van der Waals surface area contributed by atoms with Crippen LogP contribution < -0.4 is 14.8 Å². The molecule has 28 heavy (non-hydrogen) atoms.